The number of aliphatic hydroxyl groups excluding tert-OH is 1. The Morgan fingerprint density at radius 1 is 1.14 bits per heavy atom. The normalized spacial score (nSPS) is 20.4. The molecule has 0 aromatic heterocycles. The van der Waals surface area contributed by atoms with Crippen LogP contribution in [0.4, 0.5) is 0 Å². The largest absolute Gasteiger partial charge is 0.394 e. The third-order valence-electron chi connectivity index (χ3n) is 5.09. The summed E-state index contributed by atoms with van der Waals surface area (Å²) < 4.78 is 0. The molecule has 0 aromatic carbocycles. The van der Waals surface area contributed by atoms with E-state index in [4.69, 9.17) is 0 Å². The lowest BCUT2D eigenvalue weighted by Crippen LogP contribution is -2.46. The maximum absolute atomic E-state index is 9.58. The fraction of sp³-hybridized carbons (Fsp3) is 1.00. The minimum absolute atomic E-state index is 0.0864. The molecule has 0 saturated heterocycles. The van der Waals surface area contributed by atoms with Crippen LogP contribution in [0.25, 0.3) is 0 Å². The number of unbranched alkanes of at least 4 members (excludes halogenated alkanes) is 1. The van der Waals surface area contributed by atoms with E-state index in [0.717, 1.165) is 25.4 Å². The zero-order valence-corrected chi connectivity index (χ0v) is 14.7. The van der Waals surface area contributed by atoms with Crippen LogP contribution in [-0.4, -0.2) is 48.3 Å². The lowest BCUT2D eigenvalue weighted by molar-refractivity contribution is 0.158. The average molecular weight is 299 g/mol. The Labute approximate surface area is 132 Å². The smallest absolute Gasteiger partial charge is 0.0610 e. The number of nitrogens with one attached hydrogen (secondary N) is 1. The first-order chi connectivity index (χ1) is 10.1. The summed E-state index contributed by atoms with van der Waals surface area (Å²) >= 11 is 0. The van der Waals surface area contributed by atoms with Gasteiger partial charge >= 0.3 is 0 Å². The van der Waals surface area contributed by atoms with E-state index in [1.807, 2.05) is 0 Å². The van der Waals surface area contributed by atoms with E-state index in [9.17, 15) is 5.11 Å². The van der Waals surface area contributed by atoms with E-state index in [1.165, 1.54) is 57.9 Å². The number of nitrogens with zero attached hydrogens (tertiary/aromatic N) is 1. The average Bonchev–Trinajstić information content (AvgIpc) is 2.78. The number of hydrogen-bond acceptors (Lipinski definition) is 3. The van der Waals surface area contributed by atoms with Gasteiger partial charge in [-0.05, 0) is 59.2 Å². The van der Waals surface area contributed by atoms with E-state index in [-0.39, 0.29) is 12.1 Å². The Morgan fingerprint density at radius 2 is 1.81 bits per heavy atom. The van der Waals surface area contributed by atoms with Crippen LogP contribution in [0.5, 0.6) is 0 Å². The second-order valence-electron chi connectivity index (χ2n) is 7.23. The quantitative estimate of drug-likeness (QED) is 0.478. The summed E-state index contributed by atoms with van der Waals surface area (Å²) in [5.74, 6) is 0. The fourth-order valence-corrected chi connectivity index (χ4v) is 3.41. The van der Waals surface area contributed by atoms with Crippen molar-refractivity contribution in [1.82, 2.24) is 10.2 Å². The molecule has 0 bridgehead atoms. The van der Waals surface area contributed by atoms with Gasteiger partial charge in [0.2, 0.25) is 0 Å². The van der Waals surface area contributed by atoms with E-state index in [1.54, 1.807) is 0 Å². The highest BCUT2D eigenvalue weighted by Crippen LogP contribution is 2.21. The van der Waals surface area contributed by atoms with Crippen LogP contribution in [0.3, 0.4) is 0 Å². The number of hydrogen-bond donors (Lipinski definition) is 2. The van der Waals surface area contributed by atoms with Crippen molar-refractivity contribution < 1.29 is 5.11 Å². The summed E-state index contributed by atoms with van der Waals surface area (Å²) in [5, 5.41) is 13.1. The van der Waals surface area contributed by atoms with Crippen molar-refractivity contribution in [1.29, 1.82) is 0 Å². The van der Waals surface area contributed by atoms with Gasteiger partial charge in [0.05, 0.1) is 6.61 Å². The van der Waals surface area contributed by atoms with E-state index in [0.29, 0.717) is 0 Å². The Bertz CT molecular complexity index is 252. The third-order valence-corrected chi connectivity index (χ3v) is 5.09. The minimum Gasteiger partial charge on any atom is -0.394 e. The lowest BCUT2D eigenvalue weighted by atomic mass is 9.95. The lowest BCUT2D eigenvalue weighted by Gasteiger charge is -2.30. The second kappa shape index (κ2) is 10.6. The van der Waals surface area contributed by atoms with Crippen LogP contribution >= 0.6 is 0 Å². The van der Waals surface area contributed by atoms with Gasteiger partial charge in [0.1, 0.15) is 0 Å². The van der Waals surface area contributed by atoms with Crippen molar-refractivity contribution in [2.45, 2.75) is 89.6 Å². The van der Waals surface area contributed by atoms with Crippen molar-refractivity contribution in [3.8, 4) is 0 Å². The Morgan fingerprint density at radius 3 is 2.38 bits per heavy atom. The molecule has 126 valence electrons. The van der Waals surface area contributed by atoms with Crippen molar-refractivity contribution in [3.63, 3.8) is 0 Å². The molecule has 1 atom stereocenters. The minimum atomic E-state index is -0.0864. The van der Waals surface area contributed by atoms with Gasteiger partial charge < -0.3 is 15.3 Å². The van der Waals surface area contributed by atoms with E-state index >= 15 is 0 Å². The van der Waals surface area contributed by atoms with Gasteiger partial charge in [-0.3, -0.25) is 0 Å². The summed E-state index contributed by atoms with van der Waals surface area (Å²) in [5.41, 5.74) is -0.0864. The van der Waals surface area contributed by atoms with Crippen molar-refractivity contribution >= 4 is 0 Å². The molecule has 1 rings (SSSR count). The van der Waals surface area contributed by atoms with E-state index < -0.39 is 0 Å². The molecule has 1 aliphatic carbocycles. The van der Waals surface area contributed by atoms with Crippen molar-refractivity contribution in [2.24, 2.45) is 0 Å². The predicted molar refractivity (Wildman–Crippen MR) is 91.8 cm³/mol. The molecule has 1 fully saturated rings. The molecule has 2 N–H and O–H groups in total. The second-order valence-corrected chi connectivity index (χ2v) is 7.23. The van der Waals surface area contributed by atoms with E-state index in [2.05, 4.69) is 31.1 Å². The van der Waals surface area contributed by atoms with Crippen LogP contribution in [0.15, 0.2) is 0 Å². The molecule has 0 radical (unpaired) electrons. The van der Waals surface area contributed by atoms with Crippen LogP contribution in [0.1, 0.15) is 78.1 Å². The molecule has 0 spiro atoms. The third kappa shape index (κ3) is 7.62. The Balaban J connectivity index is 2.19. The molecule has 3 heteroatoms. The first kappa shape index (κ1) is 18.9. The molecule has 0 heterocycles. The fourth-order valence-electron chi connectivity index (χ4n) is 3.41. The maximum atomic E-state index is 9.58. The standard InChI is InChI=1S/C18H38N2O/c1-4-14-19-18(2,16-21)13-9-10-15-20(3)17-11-7-5-6-8-12-17/h17,19,21H,4-16H2,1-3H3. The zero-order chi connectivity index (χ0) is 15.6. The predicted octanol–water partition coefficient (Wildman–Crippen LogP) is 3.56. The summed E-state index contributed by atoms with van der Waals surface area (Å²) in [6.45, 7) is 6.77. The maximum Gasteiger partial charge on any atom is 0.0610 e. The zero-order valence-electron chi connectivity index (χ0n) is 14.7. The highest BCUT2D eigenvalue weighted by atomic mass is 16.3. The van der Waals surface area contributed by atoms with Gasteiger partial charge in [-0.2, -0.15) is 0 Å². The monoisotopic (exact) mass is 298 g/mol. The summed E-state index contributed by atoms with van der Waals surface area (Å²) in [4.78, 5) is 2.58. The van der Waals surface area contributed by atoms with Crippen LogP contribution < -0.4 is 5.32 Å². The van der Waals surface area contributed by atoms with Gasteiger partial charge in [-0.15, -0.1) is 0 Å². The Hall–Kier alpha value is -0.120. The van der Waals surface area contributed by atoms with Crippen molar-refractivity contribution in [3.05, 3.63) is 0 Å². The molecular formula is C18H38N2O. The molecule has 1 aliphatic rings. The topological polar surface area (TPSA) is 35.5 Å². The molecule has 1 unspecified atom stereocenters. The Kier molecular flexibility index (Phi) is 9.54. The molecule has 21 heavy (non-hydrogen) atoms. The van der Waals surface area contributed by atoms with Gasteiger partial charge in [-0.25, -0.2) is 0 Å². The van der Waals surface area contributed by atoms with Crippen LogP contribution in [0.2, 0.25) is 0 Å². The highest BCUT2D eigenvalue weighted by molar-refractivity contribution is 4.82. The van der Waals surface area contributed by atoms with Crippen LogP contribution in [-0.2, 0) is 0 Å². The van der Waals surface area contributed by atoms with Crippen LogP contribution in [0, 0.1) is 0 Å². The summed E-state index contributed by atoms with van der Waals surface area (Å²) in [6.07, 6.45) is 13.1. The summed E-state index contributed by atoms with van der Waals surface area (Å²) in [7, 11) is 2.30. The number of rotatable bonds is 10. The number of aliphatic hydroxyl groups is 1. The van der Waals surface area contributed by atoms with Gasteiger partial charge in [0.15, 0.2) is 0 Å². The van der Waals surface area contributed by atoms with Crippen molar-refractivity contribution in [2.75, 3.05) is 26.7 Å². The first-order valence-corrected chi connectivity index (χ1v) is 9.17. The van der Waals surface area contributed by atoms with Gasteiger partial charge in [0.25, 0.3) is 0 Å². The molecular weight excluding hydrogens is 260 g/mol. The SMILES string of the molecule is CCCNC(C)(CO)CCCCN(C)C1CCCCCC1. The first-order valence-electron chi connectivity index (χ1n) is 9.17. The molecule has 0 amide bonds. The highest BCUT2D eigenvalue weighted by Gasteiger charge is 2.22. The summed E-state index contributed by atoms with van der Waals surface area (Å²) in [6, 6.07) is 0.815. The molecule has 0 aliphatic heterocycles. The van der Waals surface area contributed by atoms with Gasteiger partial charge in [-0.1, -0.05) is 39.0 Å². The van der Waals surface area contributed by atoms with Gasteiger partial charge in [0, 0.05) is 11.6 Å². The molecule has 3 nitrogen and oxygen atoms in total. The molecule has 1 saturated carbocycles. The molecule has 0 aromatic rings.